The number of esters is 1. The molecule has 0 radical (unpaired) electrons. The largest absolute Gasteiger partial charge is 0.421 e. The number of hydrogen-bond donors (Lipinski definition) is 0. The highest BCUT2D eigenvalue weighted by Crippen LogP contribution is 2.28. The molecule has 4 heteroatoms. The molecule has 104 valence electrons. The van der Waals surface area contributed by atoms with Gasteiger partial charge in [-0.25, -0.2) is 4.79 Å². The molecule has 0 saturated heterocycles. The number of fused-ring (bicyclic) bond motifs is 1. The molecule has 0 aliphatic rings. The monoisotopic (exact) mass is 360 g/mol. The van der Waals surface area contributed by atoms with Gasteiger partial charge in [-0.15, -0.1) is 0 Å². The minimum Gasteiger partial charge on any atom is -0.421 e. The smallest absolute Gasteiger partial charge is 0.343 e. The molecule has 0 saturated carbocycles. The fraction of sp³-hybridized carbons (Fsp3) is 0. The molecule has 3 rings (SSSR count). The van der Waals surface area contributed by atoms with Crippen LogP contribution in [0.2, 0.25) is 5.02 Å². The molecule has 0 bridgehead atoms. The van der Waals surface area contributed by atoms with E-state index in [4.69, 9.17) is 16.3 Å². The van der Waals surface area contributed by atoms with E-state index >= 15 is 0 Å². The van der Waals surface area contributed by atoms with Gasteiger partial charge in [0.25, 0.3) is 0 Å². The van der Waals surface area contributed by atoms with Crippen molar-refractivity contribution in [1.82, 2.24) is 0 Å². The van der Waals surface area contributed by atoms with E-state index in [1.54, 1.807) is 24.3 Å². The minimum atomic E-state index is -0.426. The van der Waals surface area contributed by atoms with Crippen LogP contribution in [0.4, 0.5) is 0 Å². The molecule has 0 unspecified atom stereocenters. The van der Waals surface area contributed by atoms with Crippen molar-refractivity contribution in [2.45, 2.75) is 0 Å². The molecule has 0 atom stereocenters. The van der Waals surface area contributed by atoms with Gasteiger partial charge in [-0.2, -0.15) is 0 Å². The lowest BCUT2D eigenvalue weighted by Crippen LogP contribution is -2.08. The van der Waals surface area contributed by atoms with E-state index in [1.807, 2.05) is 36.4 Å². The van der Waals surface area contributed by atoms with Gasteiger partial charge in [0.05, 0.1) is 10.6 Å². The van der Waals surface area contributed by atoms with Gasteiger partial charge in [0, 0.05) is 4.47 Å². The normalized spacial score (nSPS) is 10.6. The lowest BCUT2D eigenvalue weighted by molar-refractivity contribution is 0.0735. The van der Waals surface area contributed by atoms with Crippen molar-refractivity contribution in [3.8, 4) is 5.75 Å². The summed E-state index contributed by atoms with van der Waals surface area (Å²) in [6.07, 6.45) is 0. The van der Waals surface area contributed by atoms with Crippen LogP contribution in [0.5, 0.6) is 5.75 Å². The zero-order valence-corrected chi connectivity index (χ0v) is 13.2. The average Bonchev–Trinajstić information content (AvgIpc) is 2.49. The van der Waals surface area contributed by atoms with Gasteiger partial charge < -0.3 is 4.74 Å². The summed E-state index contributed by atoms with van der Waals surface area (Å²) in [5, 5.41) is 2.46. The molecule has 21 heavy (non-hydrogen) atoms. The van der Waals surface area contributed by atoms with E-state index < -0.39 is 5.97 Å². The Kier molecular flexibility index (Phi) is 3.95. The zero-order valence-electron chi connectivity index (χ0n) is 10.8. The molecule has 0 N–H and O–H groups in total. The van der Waals surface area contributed by atoms with Crippen molar-refractivity contribution >= 4 is 44.3 Å². The molecule has 2 nitrogen and oxygen atoms in total. The Balaban J connectivity index is 1.89. The van der Waals surface area contributed by atoms with Gasteiger partial charge in [-0.05, 0) is 41.1 Å². The van der Waals surface area contributed by atoms with Crippen LogP contribution >= 0.6 is 27.5 Å². The maximum absolute atomic E-state index is 12.2. The molecule has 0 aromatic heterocycles. The quantitative estimate of drug-likeness (QED) is 0.446. The highest BCUT2D eigenvalue weighted by molar-refractivity contribution is 9.10. The van der Waals surface area contributed by atoms with Crippen molar-refractivity contribution in [3.05, 3.63) is 75.7 Å². The van der Waals surface area contributed by atoms with Gasteiger partial charge in [-0.1, -0.05) is 57.9 Å². The molecule has 3 aromatic rings. The number of ether oxygens (including phenoxy) is 1. The first-order chi connectivity index (χ1) is 10.1. The summed E-state index contributed by atoms with van der Waals surface area (Å²) in [5.74, 6) is -0.0806. The Morgan fingerprint density at radius 1 is 0.952 bits per heavy atom. The Morgan fingerprint density at radius 3 is 2.48 bits per heavy atom. The molecular weight excluding hydrogens is 352 g/mol. The number of halogens is 2. The van der Waals surface area contributed by atoms with Gasteiger partial charge >= 0.3 is 5.97 Å². The third-order valence-electron chi connectivity index (χ3n) is 3.08. The average molecular weight is 362 g/mol. The fourth-order valence-corrected chi connectivity index (χ4v) is 2.75. The zero-order chi connectivity index (χ0) is 14.8. The second-order valence-electron chi connectivity index (χ2n) is 4.53. The standard InChI is InChI=1S/C17H10BrClO2/c18-14-7-8-16(15(19)10-14)21-17(20)13-6-5-11-3-1-2-4-12(11)9-13/h1-10H. The molecule has 0 fully saturated rings. The lowest BCUT2D eigenvalue weighted by Gasteiger charge is -2.07. The first-order valence-electron chi connectivity index (χ1n) is 6.29. The van der Waals surface area contributed by atoms with Gasteiger partial charge in [0.1, 0.15) is 5.75 Å². The summed E-state index contributed by atoms with van der Waals surface area (Å²) in [5.41, 5.74) is 0.493. The molecule has 0 amide bonds. The van der Waals surface area contributed by atoms with Crippen molar-refractivity contribution < 1.29 is 9.53 Å². The maximum Gasteiger partial charge on any atom is 0.343 e. The summed E-state index contributed by atoms with van der Waals surface area (Å²) < 4.78 is 6.17. The Morgan fingerprint density at radius 2 is 1.71 bits per heavy atom. The van der Waals surface area contributed by atoms with Crippen LogP contribution in [-0.2, 0) is 0 Å². The molecule has 0 aliphatic carbocycles. The first-order valence-corrected chi connectivity index (χ1v) is 7.46. The van der Waals surface area contributed by atoms with Crippen LogP contribution < -0.4 is 4.74 Å². The fourth-order valence-electron chi connectivity index (χ4n) is 2.03. The van der Waals surface area contributed by atoms with Crippen LogP contribution in [0.25, 0.3) is 10.8 Å². The number of carbonyl (C=O) groups excluding carboxylic acids is 1. The summed E-state index contributed by atoms with van der Waals surface area (Å²) >= 11 is 9.36. The van der Waals surface area contributed by atoms with Crippen molar-refractivity contribution in [2.75, 3.05) is 0 Å². The summed E-state index contributed by atoms with van der Waals surface area (Å²) in [7, 11) is 0. The van der Waals surface area contributed by atoms with Crippen LogP contribution in [0.15, 0.2) is 65.1 Å². The van der Waals surface area contributed by atoms with E-state index in [2.05, 4.69) is 15.9 Å². The molecule has 3 aromatic carbocycles. The number of hydrogen-bond acceptors (Lipinski definition) is 2. The minimum absolute atomic E-state index is 0.345. The van der Waals surface area contributed by atoms with E-state index in [0.29, 0.717) is 16.3 Å². The van der Waals surface area contributed by atoms with Gasteiger partial charge in [-0.3, -0.25) is 0 Å². The molecule has 0 spiro atoms. The maximum atomic E-state index is 12.2. The Labute approximate surface area is 135 Å². The molecule has 0 heterocycles. The van der Waals surface area contributed by atoms with E-state index in [1.165, 1.54) is 0 Å². The second kappa shape index (κ2) is 5.88. The topological polar surface area (TPSA) is 26.3 Å². The van der Waals surface area contributed by atoms with Crippen molar-refractivity contribution in [1.29, 1.82) is 0 Å². The van der Waals surface area contributed by atoms with Crippen LogP contribution in [0.1, 0.15) is 10.4 Å². The van der Waals surface area contributed by atoms with E-state index in [0.717, 1.165) is 15.2 Å². The highest BCUT2D eigenvalue weighted by Gasteiger charge is 2.11. The van der Waals surface area contributed by atoms with E-state index in [-0.39, 0.29) is 0 Å². The number of carbonyl (C=O) groups is 1. The third kappa shape index (κ3) is 3.09. The summed E-state index contributed by atoms with van der Waals surface area (Å²) in [6, 6.07) is 18.4. The number of rotatable bonds is 2. The Bertz CT molecular complexity index is 830. The van der Waals surface area contributed by atoms with Crippen LogP contribution in [0, 0.1) is 0 Å². The second-order valence-corrected chi connectivity index (χ2v) is 5.85. The SMILES string of the molecule is O=C(Oc1ccc(Br)cc1Cl)c1ccc2ccccc2c1. The predicted molar refractivity (Wildman–Crippen MR) is 88.1 cm³/mol. The highest BCUT2D eigenvalue weighted by atomic mass is 79.9. The van der Waals surface area contributed by atoms with Crippen molar-refractivity contribution in [3.63, 3.8) is 0 Å². The molecular formula is C17H10BrClO2. The Hall–Kier alpha value is -1.84. The summed E-state index contributed by atoms with van der Waals surface area (Å²) in [4.78, 5) is 12.2. The predicted octanol–water partition coefficient (Wildman–Crippen LogP) is 5.47. The first kappa shape index (κ1) is 14.1. The number of benzene rings is 3. The van der Waals surface area contributed by atoms with Crippen LogP contribution in [0.3, 0.4) is 0 Å². The van der Waals surface area contributed by atoms with Crippen molar-refractivity contribution in [2.24, 2.45) is 0 Å². The van der Waals surface area contributed by atoms with Gasteiger partial charge in [0.15, 0.2) is 0 Å². The lowest BCUT2D eigenvalue weighted by atomic mass is 10.1. The third-order valence-corrected chi connectivity index (χ3v) is 3.87. The van der Waals surface area contributed by atoms with Crippen LogP contribution in [-0.4, -0.2) is 5.97 Å². The summed E-state index contributed by atoms with van der Waals surface area (Å²) in [6.45, 7) is 0. The van der Waals surface area contributed by atoms with E-state index in [9.17, 15) is 4.79 Å². The van der Waals surface area contributed by atoms with Gasteiger partial charge in [0.2, 0.25) is 0 Å². The molecule has 0 aliphatic heterocycles.